The largest absolute Gasteiger partial charge is 0.337 e. The van der Waals surface area contributed by atoms with E-state index in [1.807, 2.05) is 31.2 Å². The number of hydrogen-bond acceptors (Lipinski definition) is 4. The number of H-pyrrole nitrogens is 1. The van der Waals surface area contributed by atoms with Crippen LogP contribution in [0.4, 0.5) is 10.5 Å². The van der Waals surface area contributed by atoms with Gasteiger partial charge in [-0.1, -0.05) is 19.1 Å². The van der Waals surface area contributed by atoms with Crippen LogP contribution in [0.15, 0.2) is 24.3 Å². The predicted octanol–water partition coefficient (Wildman–Crippen LogP) is 2.63. The van der Waals surface area contributed by atoms with Gasteiger partial charge in [0.1, 0.15) is 5.82 Å². The first-order chi connectivity index (χ1) is 11.5. The van der Waals surface area contributed by atoms with Crippen molar-refractivity contribution in [3.63, 3.8) is 0 Å². The Morgan fingerprint density at radius 3 is 2.88 bits per heavy atom. The van der Waals surface area contributed by atoms with Crippen LogP contribution in [-0.2, 0) is 0 Å². The molecule has 0 radical (unpaired) electrons. The first-order valence-corrected chi connectivity index (χ1v) is 8.24. The minimum Gasteiger partial charge on any atom is -0.337 e. The number of nitrogens with one attached hydrogen (secondary N) is 3. The second-order valence-corrected chi connectivity index (χ2v) is 5.94. The number of aromatic amines is 1. The van der Waals surface area contributed by atoms with E-state index in [9.17, 15) is 4.79 Å². The lowest BCUT2D eigenvalue weighted by atomic mass is 10.2. The number of anilines is 1. The van der Waals surface area contributed by atoms with Crippen molar-refractivity contribution in [3.8, 4) is 11.4 Å². The second kappa shape index (κ2) is 8.44. The second-order valence-electron chi connectivity index (χ2n) is 5.94. The number of amides is 2. The lowest BCUT2D eigenvalue weighted by Gasteiger charge is -2.23. The van der Waals surface area contributed by atoms with E-state index in [0.717, 1.165) is 24.4 Å². The van der Waals surface area contributed by atoms with Crippen LogP contribution in [0.5, 0.6) is 0 Å². The van der Waals surface area contributed by atoms with Crippen LogP contribution in [0, 0.1) is 6.92 Å². The Labute approximate surface area is 142 Å². The van der Waals surface area contributed by atoms with E-state index in [-0.39, 0.29) is 6.03 Å². The molecule has 1 aromatic carbocycles. The lowest BCUT2D eigenvalue weighted by molar-refractivity contribution is 0.238. The number of likely N-dealkylation sites (N-methyl/N-ethyl adjacent to an activating group) is 1. The quantitative estimate of drug-likeness (QED) is 0.728. The number of aromatic nitrogens is 3. The third-order valence-corrected chi connectivity index (χ3v) is 4.07. The number of carbonyl (C=O) groups is 1. The number of benzene rings is 1. The van der Waals surface area contributed by atoms with E-state index in [2.05, 4.69) is 51.6 Å². The van der Waals surface area contributed by atoms with Gasteiger partial charge in [-0.25, -0.2) is 9.78 Å². The Bertz CT molecular complexity index is 669. The smallest absolute Gasteiger partial charge is 0.319 e. The molecule has 0 fully saturated rings. The van der Waals surface area contributed by atoms with Gasteiger partial charge in [-0.2, -0.15) is 5.10 Å². The summed E-state index contributed by atoms with van der Waals surface area (Å²) in [6.07, 6.45) is 1.09. The standard InChI is InChI=1S/C17H26N6O/c1-5-12(2)23(4)10-9-18-17(24)20-15-8-6-7-14(11-15)16-19-13(3)21-22-16/h6-8,11-12H,5,9-10H2,1-4H3,(H2,18,20,24)(H,19,21,22). The number of urea groups is 1. The van der Waals surface area contributed by atoms with Gasteiger partial charge in [-0.15, -0.1) is 0 Å². The Hall–Kier alpha value is -2.41. The molecule has 130 valence electrons. The van der Waals surface area contributed by atoms with Crippen LogP contribution in [-0.4, -0.2) is 52.3 Å². The maximum absolute atomic E-state index is 12.0. The Morgan fingerprint density at radius 1 is 1.42 bits per heavy atom. The SMILES string of the molecule is CCC(C)N(C)CCNC(=O)Nc1cccc(-c2n[nH]c(C)n2)c1. The van der Waals surface area contributed by atoms with Crippen LogP contribution >= 0.6 is 0 Å². The first-order valence-electron chi connectivity index (χ1n) is 8.24. The Kier molecular flexibility index (Phi) is 6.31. The number of hydrogen-bond donors (Lipinski definition) is 3. The van der Waals surface area contributed by atoms with Crippen molar-refractivity contribution < 1.29 is 4.79 Å². The summed E-state index contributed by atoms with van der Waals surface area (Å²) < 4.78 is 0. The maximum Gasteiger partial charge on any atom is 0.319 e. The molecule has 0 aliphatic rings. The van der Waals surface area contributed by atoms with Gasteiger partial charge in [0.15, 0.2) is 5.82 Å². The predicted molar refractivity (Wildman–Crippen MR) is 96.0 cm³/mol. The fourth-order valence-corrected chi connectivity index (χ4v) is 2.26. The molecule has 0 saturated heterocycles. The molecule has 2 amide bonds. The molecule has 0 saturated carbocycles. The molecule has 0 aliphatic carbocycles. The van der Waals surface area contributed by atoms with Crippen molar-refractivity contribution in [2.45, 2.75) is 33.2 Å². The highest BCUT2D eigenvalue weighted by Gasteiger charge is 2.08. The minimum absolute atomic E-state index is 0.212. The number of rotatable bonds is 7. The Morgan fingerprint density at radius 2 is 2.21 bits per heavy atom. The summed E-state index contributed by atoms with van der Waals surface area (Å²) in [5.74, 6) is 1.37. The van der Waals surface area contributed by atoms with Gasteiger partial charge < -0.3 is 15.5 Å². The van der Waals surface area contributed by atoms with Gasteiger partial charge in [-0.3, -0.25) is 5.10 Å². The molecule has 24 heavy (non-hydrogen) atoms. The molecule has 1 aromatic heterocycles. The van der Waals surface area contributed by atoms with Crippen molar-refractivity contribution >= 4 is 11.7 Å². The molecule has 2 rings (SSSR count). The van der Waals surface area contributed by atoms with Crippen molar-refractivity contribution in [1.29, 1.82) is 0 Å². The van der Waals surface area contributed by atoms with Gasteiger partial charge >= 0.3 is 6.03 Å². The van der Waals surface area contributed by atoms with Crippen LogP contribution in [0.1, 0.15) is 26.1 Å². The van der Waals surface area contributed by atoms with Crippen molar-refractivity contribution in [1.82, 2.24) is 25.4 Å². The Balaban J connectivity index is 1.86. The van der Waals surface area contributed by atoms with Gasteiger partial charge in [0.25, 0.3) is 0 Å². The average molecular weight is 330 g/mol. The normalized spacial score (nSPS) is 12.2. The van der Waals surface area contributed by atoms with E-state index in [0.29, 0.717) is 24.1 Å². The lowest BCUT2D eigenvalue weighted by Crippen LogP contribution is -2.38. The zero-order valence-corrected chi connectivity index (χ0v) is 14.8. The zero-order chi connectivity index (χ0) is 17.5. The van der Waals surface area contributed by atoms with Crippen molar-refractivity contribution in [2.24, 2.45) is 0 Å². The van der Waals surface area contributed by atoms with Gasteiger partial charge in [0, 0.05) is 30.4 Å². The van der Waals surface area contributed by atoms with E-state index < -0.39 is 0 Å². The monoisotopic (exact) mass is 330 g/mol. The molecule has 0 spiro atoms. The van der Waals surface area contributed by atoms with Gasteiger partial charge in [0.05, 0.1) is 0 Å². The average Bonchev–Trinajstić information content (AvgIpc) is 3.00. The van der Waals surface area contributed by atoms with Crippen molar-refractivity contribution in [3.05, 3.63) is 30.1 Å². The van der Waals surface area contributed by atoms with Gasteiger partial charge in [-0.05, 0) is 39.4 Å². The fourth-order valence-electron chi connectivity index (χ4n) is 2.26. The summed E-state index contributed by atoms with van der Waals surface area (Å²) in [5, 5.41) is 12.7. The van der Waals surface area contributed by atoms with E-state index in [1.165, 1.54) is 0 Å². The minimum atomic E-state index is -0.212. The summed E-state index contributed by atoms with van der Waals surface area (Å²) in [4.78, 5) is 18.5. The highest BCUT2D eigenvalue weighted by atomic mass is 16.2. The molecule has 7 heteroatoms. The highest BCUT2D eigenvalue weighted by Crippen LogP contribution is 2.19. The summed E-state index contributed by atoms with van der Waals surface area (Å²) in [6, 6.07) is 7.77. The number of aryl methyl sites for hydroxylation is 1. The topological polar surface area (TPSA) is 85.9 Å². The molecule has 2 aromatic rings. The number of nitrogens with zero attached hydrogens (tertiary/aromatic N) is 3. The molecular formula is C17H26N6O. The molecule has 1 unspecified atom stereocenters. The van der Waals surface area contributed by atoms with E-state index >= 15 is 0 Å². The van der Waals surface area contributed by atoms with Crippen LogP contribution < -0.4 is 10.6 Å². The summed E-state index contributed by atoms with van der Waals surface area (Å²) in [5.41, 5.74) is 1.57. The molecule has 3 N–H and O–H groups in total. The third kappa shape index (κ3) is 5.06. The fraction of sp³-hybridized carbons (Fsp3) is 0.471. The third-order valence-electron chi connectivity index (χ3n) is 4.07. The highest BCUT2D eigenvalue weighted by molar-refractivity contribution is 5.89. The first kappa shape index (κ1) is 17.9. The summed E-state index contributed by atoms with van der Waals surface area (Å²) >= 11 is 0. The summed E-state index contributed by atoms with van der Waals surface area (Å²) in [6.45, 7) is 7.61. The maximum atomic E-state index is 12.0. The molecule has 1 atom stereocenters. The molecule has 0 aliphatic heterocycles. The molecular weight excluding hydrogens is 304 g/mol. The van der Waals surface area contributed by atoms with Crippen LogP contribution in [0.25, 0.3) is 11.4 Å². The van der Waals surface area contributed by atoms with E-state index in [1.54, 1.807) is 0 Å². The van der Waals surface area contributed by atoms with Gasteiger partial charge in [0.2, 0.25) is 0 Å². The van der Waals surface area contributed by atoms with E-state index in [4.69, 9.17) is 0 Å². The summed E-state index contributed by atoms with van der Waals surface area (Å²) in [7, 11) is 2.07. The van der Waals surface area contributed by atoms with Crippen LogP contribution in [0.2, 0.25) is 0 Å². The molecule has 7 nitrogen and oxygen atoms in total. The number of carbonyl (C=O) groups excluding carboxylic acids is 1. The van der Waals surface area contributed by atoms with Crippen LogP contribution in [0.3, 0.4) is 0 Å². The molecule has 0 bridgehead atoms. The zero-order valence-electron chi connectivity index (χ0n) is 14.8. The molecule has 1 heterocycles. The van der Waals surface area contributed by atoms with Crippen molar-refractivity contribution in [2.75, 3.05) is 25.5 Å².